The van der Waals surface area contributed by atoms with Crippen molar-refractivity contribution >= 4 is 5.91 Å². The second-order valence-electron chi connectivity index (χ2n) is 5.81. The molecule has 3 aromatic rings. The number of rotatable bonds is 2. The summed E-state index contributed by atoms with van der Waals surface area (Å²) in [6.07, 6.45) is 3.81. The van der Waals surface area contributed by atoms with Gasteiger partial charge in [-0.1, -0.05) is 54.6 Å². The Labute approximate surface area is 142 Å². The molecule has 0 radical (unpaired) electrons. The summed E-state index contributed by atoms with van der Waals surface area (Å²) in [7, 11) is 1.65. The van der Waals surface area contributed by atoms with Gasteiger partial charge in [-0.15, -0.1) is 0 Å². The highest BCUT2D eigenvalue weighted by Crippen LogP contribution is 2.30. The normalized spacial score (nSPS) is 12.4. The fourth-order valence-electron chi connectivity index (χ4n) is 2.87. The monoisotopic (exact) mass is 319 g/mol. The minimum Gasteiger partial charge on any atom is -0.359 e. The molecule has 1 aliphatic rings. The number of carbonyl (C=O) groups is 1. The maximum atomic E-state index is 11.2. The van der Waals surface area contributed by atoms with Crippen LogP contribution in [0, 0.1) is 0 Å². The fourth-order valence-corrected chi connectivity index (χ4v) is 2.87. The molecule has 1 aliphatic heterocycles. The van der Waals surface area contributed by atoms with E-state index in [9.17, 15) is 4.79 Å². The summed E-state index contributed by atoms with van der Waals surface area (Å²) in [5, 5.41) is 2.62. The van der Waals surface area contributed by atoms with Crippen LogP contribution in [0.1, 0.15) is 24.0 Å². The molecule has 0 fully saturated rings. The molecule has 2 aromatic carbocycles. The second kappa shape index (κ2) is 7.13. The average molecular weight is 319 g/mol. The molecule has 1 unspecified atom stereocenters. The van der Waals surface area contributed by atoms with Gasteiger partial charge in [-0.2, -0.15) is 0 Å². The summed E-state index contributed by atoms with van der Waals surface area (Å²) in [6, 6.07) is 18.2. The minimum absolute atomic E-state index is 0.0567. The number of aromatic nitrogens is 2. The fraction of sp³-hybridized carbons (Fsp3) is 0.200. The zero-order valence-electron chi connectivity index (χ0n) is 13.9. The molecule has 0 bridgehead atoms. The highest BCUT2D eigenvalue weighted by atomic mass is 16.1. The van der Waals surface area contributed by atoms with Crippen LogP contribution in [0.4, 0.5) is 0 Å². The zero-order valence-corrected chi connectivity index (χ0v) is 13.9. The third-order valence-corrected chi connectivity index (χ3v) is 4.29. The number of hydrogen-bond donors (Lipinski definition) is 1. The lowest BCUT2D eigenvalue weighted by Gasteiger charge is -2.08. The lowest BCUT2D eigenvalue weighted by atomic mass is 10.0. The first kappa shape index (κ1) is 16.0. The van der Waals surface area contributed by atoms with Gasteiger partial charge in [0.2, 0.25) is 5.91 Å². The third kappa shape index (κ3) is 3.23. The molecule has 122 valence electrons. The number of nitrogens with zero attached hydrogens (tertiary/aromatic N) is 2. The van der Waals surface area contributed by atoms with Crippen LogP contribution in [0.25, 0.3) is 11.3 Å². The molecule has 1 amide bonds. The van der Waals surface area contributed by atoms with Gasteiger partial charge in [0, 0.05) is 19.2 Å². The van der Waals surface area contributed by atoms with Gasteiger partial charge in [0.1, 0.15) is 0 Å². The molecular formula is C20H21N3O. The average Bonchev–Trinajstić information content (AvgIpc) is 3.23. The minimum atomic E-state index is -0.0591. The van der Waals surface area contributed by atoms with Gasteiger partial charge in [-0.05, 0) is 18.1 Å². The number of hydrogen-bond acceptors (Lipinski definition) is 2. The quantitative estimate of drug-likeness (QED) is 0.615. The summed E-state index contributed by atoms with van der Waals surface area (Å²) in [5.41, 5.74) is 5.02. The Bertz CT molecular complexity index is 824. The zero-order chi connectivity index (χ0) is 16.9. The van der Waals surface area contributed by atoms with Crippen molar-refractivity contribution in [3.63, 3.8) is 0 Å². The number of nitrogens with one attached hydrogen (secondary N) is 1. The SMILES string of the molecule is CNC(=O)C(C)c1ccccc1.c1ccc2c(c1)Cn1cncc1-2. The largest absolute Gasteiger partial charge is 0.359 e. The van der Waals surface area contributed by atoms with Crippen molar-refractivity contribution in [1.82, 2.24) is 14.9 Å². The summed E-state index contributed by atoms with van der Waals surface area (Å²) in [4.78, 5) is 15.3. The highest BCUT2D eigenvalue weighted by molar-refractivity contribution is 5.82. The van der Waals surface area contributed by atoms with Crippen LogP contribution < -0.4 is 5.32 Å². The molecule has 4 heteroatoms. The van der Waals surface area contributed by atoms with Crippen LogP contribution in [-0.2, 0) is 11.3 Å². The molecule has 1 aromatic heterocycles. The van der Waals surface area contributed by atoms with E-state index in [4.69, 9.17) is 0 Å². The lowest BCUT2D eigenvalue weighted by Crippen LogP contribution is -2.23. The summed E-state index contributed by atoms with van der Waals surface area (Å²) in [6.45, 7) is 2.87. The van der Waals surface area contributed by atoms with Crippen LogP contribution in [0.3, 0.4) is 0 Å². The van der Waals surface area contributed by atoms with E-state index in [1.54, 1.807) is 7.05 Å². The van der Waals surface area contributed by atoms with Crippen molar-refractivity contribution in [2.45, 2.75) is 19.4 Å². The van der Waals surface area contributed by atoms with E-state index in [0.29, 0.717) is 0 Å². The van der Waals surface area contributed by atoms with Gasteiger partial charge in [-0.25, -0.2) is 4.98 Å². The van der Waals surface area contributed by atoms with Crippen LogP contribution in [0.2, 0.25) is 0 Å². The second-order valence-corrected chi connectivity index (χ2v) is 5.81. The summed E-state index contributed by atoms with van der Waals surface area (Å²) in [5.74, 6) is -0.00241. The van der Waals surface area contributed by atoms with Crippen molar-refractivity contribution < 1.29 is 4.79 Å². The summed E-state index contributed by atoms with van der Waals surface area (Å²) < 4.78 is 2.17. The number of fused-ring (bicyclic) bond motifs is 3. The molecular weight excluding hydrogens is 298 g/mol. The predicted molar refractivity (Wildman–Crippen MR) is 95.7 cm³/mol. The molecule has 2 heterocycles. The number of amides is 1. The van der Waals surface area contributed by atoms with E-state index >= 15 is 0 Å². The first-order valence-electron chi connectivity index (χ1n) is 8.05. The number of carbonyl (C=O) groups excluding carboxylic acids is 1. The molecule has 1 N–H and O–H groups in total. The highest BCUT2D eigenvalue weighted by Gasteiger charge is 2.16. The first-order chi connectivity index (χ1) is 11.7. The number of likely N-dealkylation sites (N-methyl/N-ethyl adjacent to an activating group) is 1. The van der Waals surface area contributed by atoms with E-state index in [2.05, 4.69) is 39.1 Å². The van der Waals surface area contributed by atoms with Crippen molar-refractivity contribution in [2.24, 2.45) is 0 Å². The van der Waals surface area contributed by atoms with Crippen LogP contribution in [0.5, 0.6) is 0 Å². The molecule has 0 saturated carbocycles. The van der Waals surface area contributed by atoms with Gasteiger partial charge in [-0.3, -0.25) is 4.79 Å². The lowest BCUT2D eigenvalue weighted by molar-refractivity contribution is -0.121. The molecule has 0 spiro atoms. The van der Waals surface area contributed by atoms with Gasteiger partial charge in [0.15, 0.2) is 0 Å². The molecule has 1 atom stereocenters. The molecule has 4 rings (SSSR count). The first-order valence-corrected chi connectivity index (χ1v) is 8.05. The van der Waals surface area contributed by atoms with Crippen molar-refractivity contribution in [1.29, 1.82) is 0 Å². The smallest absolute Gasteiger partial charge is 0.227 e. The van der Waals surface area contributed by atoms with E-state index in [-0.39, 0.29) is 11.8 Å². The van der Waals surface area contributed by atoms with E-state index < -0.39 is 0 Å². The molecule has 24 heavy (non-hydrogen) atoms. The third-order valence-electron chi connectivity index (χ3n) is 4.29. The Kier molecular flexibility index (Phi) is 4.75. The maximum absolute atomic E-state index is 11.2. The maximum Gasteiger partial charge on any atom is 0.227 e. The number of imidazole rings is 1. The van der Waals surface area contributed by atoms with Crippen LogP contribution >= 0.6 is 0 Å². The Morgan fingerprint density at radius 3 is 2.58 bits per heavy atom. The number of benzene rings is 2. The van der Waals surface area contributed by atoms with Gasteiger partial charge < -0.3 is 9.88 Å². The Hall–Kier alpha value is -2.88. The van der Waals surface area contributed by atoms with E-state index in [1.807, 2.05) is 49.8 Å². The molecule has 0 saturated heterocycles. The summed E-state index contributed by atoms with van der Waals surface area (Å²) >= 11 is 0. The van der Waals surface area contributed by atoms with E-state index in [1.165, 1.54) is 16.8 Å². The molecule has 0 aliphatic carbocycles. The Morgan fingerprint density at radius 2 is 1.83 bits per heavy atom. The topological polar surface area (TPSA) is 46.9 Å². The van der Waals surface area contributed by atoms with Crippen molar-refractivity contribution in [3.8, 4) is 11.3 Å². The van der Waals surface area contributed by atoms with Crippen LogP contribution in [0.15, 0.2) is 67.1 Å². The van der Waals surface area contributed by atoms with Gasteiger partial charge >= 0.3 is 0 Å². The van der Waals surface area contributed by atoms with Crippen LogP contribution in [-0.4, -0.2) is 22.5 Å². The van der Waals surface area contributed by atoms with Gasteiger partial charge in [0.05, 0.1) is 24.1 Å². The van der Waals surface area contributed by atoms with Crippen molar-refractivity contribution in [2.75, 3.05) is 7.05 Å². The standard InChI is InChI=1S/C10H8N2.C10H13NO/c1-2-4-9-8(3-1)6-12-7-11-5-10(9)12;1-8(10(12)11-2)9-6-4-3-5-7-9/h1-5,7H,6H2;3-8H,1-2H3,(H,11,12). The Morgan fingerprint density at radius 1 is 1.12 bits per heavy atom. The Balaban J connectivity index is 0.000000141. The predicted octanol–water partition coefficient (Wildman–Crippen LogP) is 3.45. The van der Waals surface area contributed by atoms with E-state index in [0.717, 1.165) is 12.1 Å². The molecule has 4 nitrogen and oxygen atoms in total. The van der Waals surface area contributed by atoms with Crippen molar-refractivity contribution in [3.05, 3.63) is 78.2 Å². The van der Waals surface area contributed by atoms with Gasteiger partial charge in [0.25, 0.3) is 0 Å².